The molecule has 0 saturated heterocycles. The molecule has 0 amide bonds. The van der Waals surface area contributed by atoms with Crippen molar-refractivity contribution < 1.29 is 0 Å². The summed E-state index contributed by atoms with van der Waals surface area (Å²) in [6, 6.07) is 3.18. The van der Waals surface area contributed by atoms with Gasteiger partial charge in [0.2, 0.25) is 0 Å². The van der Waals surface area contributed by atoms with Crippen LogP contribution in [0.3, 0.4) is 0 Å². The zero-order valence-corrected chi connectivity index (χ0v) is 13.0. The van der Waals surface area contributed by atoms with Crippen molar-refractivity contribution in [1.82, 2.24) is 9.80 Å². The molecule has 0 aromatic carbocycles. The Labute approximate surface area is 113 Å². The van der Waals surface area contributed by atoms with Gasteiger partial charge in [-0.3, -0.25) is 4.90 Å². The van der Waals surface area contributed by atoms with E-state index < -0.39 is 0 Å². The van der Waals surface area contributed by atoms with Gasteiger partial charge in [-0.15, -0.1) is 0 Å². The Hall–Kier alpha value is -0.590. The third kappa shape index (κ3) is 3.70. The molecular formula is C15H29N3. The van der Waals surface area contributed by atoms with Gasteiger partial charge in [0.25, 0.3) is 0 Å². The van der Waals surface area contributed by atoms with E-state index in [0.29, 0.717) is 11.5 Å². The molecule has 0 radical (unpaired) electrons. The Kier molecular flexibility index (Phi) is 4.80. The molecule has 0 atom stereocenters. The van der Waals surface area contributed by atoms with Crippen LogP contribution < -0.4 is 0 Å². The Balaban J connectivity index is 2.56. The summed E-state index contributed by atoms with van der Waals surface area (Å²) >= 11 is 0. The summed E-state index contributed by atoms with van der Waals surface area (Å²) in [6.45, 7) is 7.97. The van der Waals surface area contributed by atoms with E-state index in [-0.39, 0.29) is 5.54 Å². The van der Waals surface area contributed by atoms with Gasteiger partial charge in [0, 0.05) is 12.6 Å². The van der Waals surface area contributed by atoms with Crippen LogP contribution in [0.2, 0.25) is 0 Å². The van der Waals surface area contributed by atoms with E-state index >= 15 is 0 Å². The van der Waals surface area contributed by atoms with Crippen LogP contribution in [0.25, 0.3) is 0 Å². The van der Waals surface area contributed by atoms with Crippen molar-refractivity contribution in [2.24, 2.45) is 5.41 Å². The van der Waals surface area contributed by atoms with Gasteiger partial charge in [0.05, 0.1) is 6.07 Å². The maximum Gasteiger partial charge on any atom is 0.108 e. The fourth-order valence-electron chi connectivity index (χ4n) is 3.06. The first kappa shape index (κ1) is 15.5. The van der Waals surface area contributed by atoms with Gasteiger partial charge in [0.15, 0.2) is 0 Å². The summed E-state index contributed by atoms with van der Waals surface area (Å²) in [5.74, 6) is 0. The van der Waals surface area contributed by atoms with Gasteiger partial charge in [-0.25, -0.2) is 0 Å². The SMILES string of the molecule is CN(CC(C)(C)C)C1CCC(C#N)(N(C)C)CC1. The van der Waals surface area contributed by atoms with Crippen molar-refractivity contribution in [2.45, 2.75) is 58.0 Å². The van der Waals surface area contributed by atoms with Crippen molar-refractivity contribution in [3.05, 3.63) is 0 Å². The summed E-state index contributed by atoms with van der Waals surface area (Å²) in [4.78, 5) is 4.59. The van der Waals surface area contributed by atoms with Gasteiger partial charge < -0.3 is 4.90 Å². The minimum absolute atomic E-state index is 0.223. The minimum Gasteiger partial charge on any atom is -0.303 e. The summed E-state index contributed by atoms with van der Waals surface area (Å²) in [5.41, 5.74) is 0.124. The van der Waals surface area contributed by atoms with Crippen molar-refractivity contribution in [2.75, 3.05) is 27.7 Å². The van der Waals surface area contributed by atoms with Crippen LogP contribution in [0.4, 0.5) is 0 Å². The number of hydrogen-bond donors (Lipinski definition) is 0. The van der Waals surface area contributed by atoms with E-state index in [0.717, 1.165) is 32.2 Å². The highest BCUT2D eigenvalue weighted by molar-refractivity contribution is 5.10. The number of rotatable bonds is 3. The molecular weight excluding hydrogens is 222 g/mol. The molecule has 18 heavy (non-hydrogen) atoms. The largest absolute Gasteiger partial charge is 0.303 e. The van der Waals surface area contributed by atoms with Gasteiger partial charge in [-0.1, -0.05) is 20.8 Å². The molecule has 0 heterocycles. The predicted molar refractivity (Wildman–Crippen MR) is 76.4 cm³/mol. The average molecular weight is 251 g/mol. The first-order valence-corrected chi connectivity index (χ1v) is 6.99. The molecule has 0 spiro atoms. The molecule has 0 bridgehead atoms. The lowest BCUT2D eigenvalue weighted by Gasteiger charge is -2.43. The highest BCUT2D eigenvalue weighted by atomic mass is 15.2. The smallest absolute Gasteiger partial charge is 0.108 e. The van der Waals surface area contributed by atoms with Crippen LogP contribution in [-0.2, 0) is 0 Å². The maximum atomic E-state index is 9.42. The summed E-state index contributed by atoms with van der Waals surface area (Å²) in [7, 11) is 6.29. The van der Waals surface area contributed by atoms with Crippen molar-refractivity contribution in [1.29, 1.82) is 5.26 Å². The van der Waals surface area contributed by atoms with Crippen molar-refractivity contribution in [3.63, 3.8) is 0 Å². The van der Waals surface area contributed by atoms with Crippen LogP contribution in [0.1, 0.15) is 46.5 Å². The predicted octanol–water partition coefficient (Wildman–Crippen LogP) is 2.73. The second kappa shape index (κ2) is 5.59. The van der Waals surface area contributed by atoms with Crippen molar-refractivity contribution >= 4 is 0 Å². The van der Waals surface area contributed by atoms with Gasteiger partial charge in [-0.05, 0) is 52.2 Å². The topological polar surface area (TPSA) is 30.3 Å². The molecule has 104 valence electrons. The summed E-state index contributed by atoms with van der Waals surface area (Å²) in [6.07, 6.45) is 4.27. The normalized spacial score (nSPS) is 29.6. The molecule has 1 aliphatic rings. The van der Waals surface area contributed by atoms with Crippen molar-refractivity contribution in [3.8, 4) is 6.07 Å². The second-order valence-electron chi connectivity index (χ2n) is 7.24. The number of hydrogen-bond acceptors (Lipinski definition) is 3. The lowest BCUT2D eigenvalue weighted by molar-refractivity contribution is 0.0821. The maximum absolute atomic E-state index is 9.42. The molecule has 0 N–H and O–H groups in total. The van der Waals surface area contributed by atoms with Crippen LogP contribution in [-0.4, -0.2) is 49.1 Å². The number of nitriles is 1. The molecule has 1 saturated carbocycles. The molecule has 1 fully saturated rings. The standard InChI is InChI=1S/C15H29N3/c1-14(2,3)12-18(6)13-7-9-15(11-16,10-8-13)17(4)5/h13H,7-10,12H2,1-6H3. The summed E-state index contributed by atoms with van der Waals surface area (Å²) < 4.78 is 0. The summed E-state index contributed by atoms with van der Waals surface area (Å²) in [5, 5.41) is 9.42. The third-order valence-electron chi connectivity index (χ3n) is 4.19. The molecule has 0 aliphatic heterocycles. The first-order valence-electron chi connectivity index (χ1n) is 6.99. The monoisotopic (exact) mass is 251 g/mol. The van der Waals surface area contributed by atoms with Gasteiger partial charge in [0.1, 0.15) is 5.54 Å². The van der Waals surface area contributed by atoms with Crippen LogP contribution in [0.5, 0.6) is 0 Å². The fraction of sp³-hybridized carbons (Fsp3) is 0.933. The molecule has 3 nitrogen and oxygen atoms in total. The highest BCUT2D eigenvalue weighted by Crippen LogP contribution is 2.34. The van der Waals surface area contributed by atoms with E-state index in [4.69, 9.17) is 0 Å². The fourth-order valence-corrected chi connectivity index (χ4v) is 3.06. The average Bonchev–Trinajstić information content (AvgIpc) is 2.26. The van der Waals surface area contributed by atoms with Crippen LogP contribution >= 0.6 is 0 Å². The third-order valence-corrected chi connectivity index (χ3v) is 4.19. The Morgan fingerprint density at radius 1 is 1.17 bits per heavy atom. The number of nitrogens with zero attached hydrogens (tertiary/aromatic N) is 3. The molecule has 1 rings (SSSR count). The van der Waals surface area contributed by atoms with E-state index in [1.807, 2.05) is 14.1 Å². The van der Waals surface area contributed by atoms with E-state index in [1.165, 1.54) is 0 Å². The Morgan fingerprint density at radius 2 is 1.67 bits per heavy atom. The molecule has 0 aromatic heterocycles. The van der Waals surface area contributed by atoms with Gasteiger partial charge >= 0.3 is 0 Å². The molecule has 1 aliphatic carbocycles. The lowest BCUT2D eigenvalue weighted by Crippen LogP contribution is -2.50. The van der Waals surface area contributed by atoms with E-state index in [1.54, 1.807) is 0 Å². The first-order chi connectivity index (χ1) is 8.20. The Morgan fingerprint density at radius 3 is 2.00 bits per heavy atom. The quantitative estimate of drug-likeness (QED) is 0.772. The van der Waals surface area contributed by atoms with E-state index in [9.17, 15) is 5.26 Å². The Bertz CT molecular complexity index is 301. The zero-order valence-electron chi connectivity index (χ0n) is 13.0. The molecule has 0 unspecified atom stereocenters. The molecule has 0 aromatic rings. The van der Waals surface area contributed by atoms with Gasteiger partial charge in [-0.2, -0.15) is 5.26 Å². The second-order valence-corrected chi connectivity index (χ2v) is 7.24. The lowest BCUT2D eigenvalue weighted by atomic mass is 9.78. The molecule has 3 heteroatoms. The van der Waals surface area contributed by atoms with Crippen LogP contribution in [0.15, 0.2) is 0 Å². The highest BCUT2D eigenvalue weighted by Gasteiger charge is 2.38. The van der Waals surface area contributed by atoms with Crippen LogP contribution in [0, 0.1) is 16.7 Å². The zero-order chi connectivity index (χ0) is 14.0. The minimum atomic E-state index is -0.223. The van der Waals surface area contributed by atoms with E-state index in [2.05, 4.69) is 43.7 Å².